The van der Waals surface area contributed by atoms with Gasteiger partial charge in [-0.15, -0.1) is 11.3 Å². The van der Waals surface area contributed by atoms with Crippen molar-refractivity contribution in [3.8, 4) is 0 Å². The van der Waals surface area contributed by atoms with E-state index in [2.05, 4.69) is 25.9 Å². The highest BCUT2D eigenvalue weighted by Gasteiger charge is 2.43. The number of nitrogens with one attached hydrogen (secondary N) is 1. The molecule has 21 heavy (non-hydrogen) atoms. The Hall–Kier alpha value is -1.57. The molecule has 112 valence electrons. The summed E-state index contributed by atoms with van der Waals surface area (Å²) < 4.78 is 0. The van der Waals surface area contributed by atoms with Crippen LogP contribution < -0.4 is 16.0 Å². The lowest BCUT2D eigenvalue weighted by atomic mass is 9.81. The molecule has 2 saturated heterocycles. The predicted molar refractivity (Wildman–Crippen MR) is 85.0 cm³/mol. The summed E-state index contributed by atoms with van der Waals surface area (Å²) in [6.45, 7) is 4.35. The number of rotatable bonds is 2. The zero-order valence-electron chi connectivity index (χ0n) is 12.0. The van der Waals surface area contributed by atoms with E-state index in [0.717, 1.165) is 48.6 Å². The SMILES string of the molecule is CN.O=Cc1cc2ncc(N3CCC4(CNC4)C3)nc2s1. The summed E-state index contributed by atoms with van der Waals surface area (Å²) in [6, 6.07) is 1.80. The van der Waals surface area contributed by atoms with E-state index in [-0.39, 0.29) is 0 Å². The maximum absolute atomic E-state index is 10.8. The first-order valence-corrected chi connectivity index (χ1v) is 7.85. The Balaban J connectivity index is 0.000000636. The minimum atomic E-state index is 0.458. The number of anilines is 1. The first-order chi connectivity index (χ1) is 10.3. The molecule has 2 aliphatic heterocycles. The molecule has 2 aliphatic rings. The van der Waals surface area contributed by atoms with Crippen LogP contribution in [0.1, 0.15) is 16.1 Å². The van der Waals surface area contributed by atoms with Crippen LogP contribution in [0.15, 0.2) is 12.3 Å². The van der Waals surface area contributed by atoms with E-state index in [1.54, 1.807) is 6.07 Å². The van der Waals surface area contributed by atoms with Crippen LogP contribution in [0.2, 0.25) is 0 Å². The topological polar surface area (TPSA) is 84.1 Å². The molecule has 4 rings (SSSR count). The van der Waals surface area contributed by atoms with Crippen LogP contribution in [-0.4, -0.2) is 49.5 Å². The average molecular weight is 305 g/mol. The van der Waals surface area contributed by atoms with E-state index >= 15 is 0 Å². The number of hydrogen-bond donors (Lipinski definition) is 2. The maximum Gasteiger partial charge on any atom is 0.160 e. The zero-order valence-corrected chi connectivity index (χ0v) is 12.8. The second-order valence-corrected chi connectivity index (χ2v) is 6.52. The van der Waals surface area contributed by atoms with Crippen LogP contribution in [0.3, 0.4) is 0 Å². The molecular weight excluding hydrogens is 286 g/mol. The molecule has 0 aromatic carbocycles. The Labute approximate surface area is 127 Å². The van der Waals surface area contributed by atoms with E-state index in [9.17, 15) is 4.79 Å². The number of thiophene rings is 1. The molecule has 0 radical (unpaired) electrons. The standard InChI is InChI=1S/C13H14N4OS.CH5N/c18-5-9-3-10-12(19-9)16-11(4-15-10)17-2-1-13(8-17)6-14-7-13;1-2/h3-5,14H,1-2,6-8H2;2H2,1H3. The van der Waals surface area contributed by atoms with Crippen molar-refractivity contribution in [2.24, 2.45) is 11.1 Å². The molecule has 0 amide bonds. The normalized spacial score (nSPS) is 19.2. The van der Waals surface area contributed by atoms with E-state index in [1.807, 2.05) is 6.20 Å². The molecule has 0 aliphatic carbocycles. The van der Waals surface area contributed by atoms with Crippen LogP contribution in [-0.2, 0) is 0 Å². The van der Waals surface area contributed by atoms with Gasteiger partial charge >= 0.3 is 0 Å². The maximum atomic E-state index is 10.8. The van der Waals surface area contributed by atoms with Gasteiger partial charge in [0.25, 0.3) is 0 Å². The highest BCUT2D eigenvalue weighted by atomic mass is 32.1. The summed E-state index contributed by atoms with van der Waals surface area (Å²) in [5, 5.41) is 3.36. The highest BCUT2D eigenvalue weighted by Crippen LogP contribution is 2.36. The number of carbonyl (C=O) groups excluding carboxylic acids is 1. The minimum Gasteiger partial charge on any atom is -0.355 e. The van der Waals surface area contributed by atoms with Gasteiger partial charge in [-0.25, -0.2) is 9.97 Å². The van der Waals surface area contributed by atoms with Crippen molar-refractivity contribution < 1.29 is 4.79 Å². The summed E-state index contributed by atoms with van der Waals surface area (Å²) in [4.78, 5) is 23.7. The van der Waals surface area contributed by atoms with Gasteiger partial charge in [0, 0.05) is 31.6 Å². The molecule has 0 bridgehead atoms. The van der Waals surface area contributed by atoms with E-state index in [4.69, 9.17) is 0 Å². The molecule has 7 heteroatoms. The van der Waals surface area contributed by atoms with Crippen LogP contribution in [0, 0.1) is 5.41 Å². The quantitative estimate of drug-likeness (QED) is 0.801. The van der Waals surface area contributed by atoms with Crippen molar-refractivity contribution >= 4 is 33.8 Å². The average Bonchev–Trinajstić information content (AvgIpc) is 3.12. The Kier molecular flexibility index (Phi) is 3.88. The Morgan fingerprint density at radius 1 is 1.48 bits per heavy atom. The summed E-state index contributed by atoms with van der Waals surface area (Å²) >= 11 is 1.41. The highest BCUT2D eigenvalue weighted by molar-refractivity contribution is 7.20. The lowest BCUT2D eigenvalue weighted by molar-refractivity contribution is 0.112. The van der Waals surface area contributed by atoms with Gasteiger partial charge in [0.05, 0.1) is 11.1 Å². The number of aromatic nitrogens is 2. The number of aldehydes is 1. The number of hydrogen-bond acceptors (Lipinski definition) is 7. The molecule has 0 atom stereocenters. The first-order valence-electron chi connectivity index (χ1n) is 7.03. The zero-order chi connectivity index (χ0) is 14.9. The van der Waals surface area contributed by atoms with Crippen molar-refractivity contribution in [1.82, 2.24) is 15.3 Å². The van der Waals surface area contributed by atoms with Gasteiger partial charge < -0.3 is 16.0 Å². The predicted octanol–water partition coefficient (Wildman–Crippen LogP) is 0.878. The largest absolute Gasteiger partial charge is 0.355 e. The van der Waals surface area contributed by atoms with Gasteiger partial charge in [-0.1, -0.05) is 0 Å². The molecule has 2 fully saturated rings. The van der Waals surface area contributed by atoms with E-state index < -0.39 is 0 Å². The van der Waals surface area contributed by atoms with Gasteiger partial charge in [0.2, 0.25) is 0 Å². The molecule has 0 saturated carbocycles. The second-order valence-electron chi connectivity index (χ2n) is 5.46. The fourth-order valence-corrected chi connectivity index (χ4v) is 3.73. The molecular formula is C14H19N5OS. The van der Waals surface area contributed by atoms with Crippen molar-refractivity contribution in [2.45, 2.75) is 6.42 Å². The molecule has 4 heterocycles. The van der Waals surface area contributed by atoms with Crippen LogP contribution in [0.25, 0.3) is 10.3 Å². The fraction of sp³-hybridized carbons (Fsp3) is 0.500. The third-order valence-electron chi connectivity index (χ3n) is 4.13. The monoisotopic (exact) mass is 305 g/mol. The molecule has 3 N–H and O–H groups in total. The van der Waals surface area contributed by atoms with Gasteiger partial charge in [-0.2, -0.15) is 0 Å². The Bertz CT molecular complexity index is 652. The lowest BCUT2D eigenvalue weighted by Gasteiger charge is -2.39. The summed E-state index contributed by atoms with van der Waals surface area (Å²) in [5.41, 5.74) is 5.77. The summed E-state index contributed by atoms with van der Waals surface area (Å²) in [7, 11) is 1.50. The van der Waals surface area contributed by atoms with Crippen molar-refractivity contribution in [3.63, 3.8) is 0 Å². The molecule has 0 unspecified atom stereocenters. The third kappa shape index (κ3) is 2.52. The Morgan fingerprint density at radius 2 is 2.29 bits per heavy atom. The lowest BCUT2D eigenvalue weighted by Crippen LogP contribution is -2.54. The molecule has 2 aromatic heterocycles. The number of carbonyl (C=O) groups is 1. The van der Waals surface area contributed by atoms with Crippen LogP contribution in [0.4, 0.5) is 5.82 Å². The molecule has 6 nitrogen and oxygen atoms in total. The van der Waals surface area contributed by atoms with Gasteiger partial charge in [0.15, 0.2) is 6.29 Å². The van der Waals surface area contributed by atoms with Crippen LogP contribution >= 0.6 is 11.3 Å². The van der Waals surface area contributed by atoms with E-state index in [0.29, 0.717) is 10.3 Å². The second kappa shape index (κ2) is 5.67. The van der Waals surface area contributed by atoms with Gasteiger partial charge in [-0.3, -0.25) is 4.79 Å². The summed E-state index contributed by atoms with van der Waals surface area (Å²) in [6.07, 6.45) is 3.91. The van der Waals surface area contributed by atoms with E-state index in [1.165, 1.54) is 24.8 Å². The minimum absolute atomic E-state index is 0.458. The van der Waals surface area contributed by atoms with Gasteiger partial charge in [0.1, 0.15) is 16.2 Å². The number of nitrogens with two attached hydrogens (primary N) is 1. The first kappa shape index (κ1) is 14.4. The van der Waals surface area contributed by atoms with Gasteiger partial charge in [-0.05, 0) is 19.5 Å². The van der Waals surface area contributed by atoms with Crippen molar-refractivity contribution in [2.75, 3.05) is 38.1 Å². The fourth-order valence-electron chi connectivity index (χ4n) is 2.93. The summed E-state index contributed by atoms with van der Waals surface area (Å²) in [5.74, 6) is 0.940. The number of nitrogens with zero attached hydrogens (tertiary/aromatic N) is 3. The van der Waals surface area contributed by atoms with Crippen molar-refractivity contribution in [1.29, 1.82) is 0 Å². The molecule has 2 aromatic rings. The van der Waals surface area contributed by atoms with Crippen molar-refractivity contribution in [3.05, 3.63) is 17.1 Å². The Morgan fingerprint density at radius 3 is 2.90 bits per heavy atom. The molecule has 1 spiro atoms. The van der Waals surface area contributed by atoms with Crippen LogP contribution in [0.5, 0.6) is 0 Å². The third-order valence-corrected chi connectivity index (χ3v) is 5.07. The number of fused-ring (bicyclic) bond motifs is 1. The smallest absolute Gasteiger partial charge is 0.160 e.